The molecule has 1 aliphatic heterocycles. The van der Waals surface area contributed by atoms with Crippen LogP contribution in [0, 0.1) is 12.7 Å². The van der Waals surface area contributed by atoms with E-state index in [-0.39, 0.29) is 28.7 Å². The lowest BCUT2D eigenvalue weighted by atomic mass is 9.93. The summed E-state index contributed by atoms with van der Waals surface area (Å²) in [5.41, 5.74) is 0.732. The highest BCUT2D eigenvalue weighted by atomic mass is 19.1. The predicted molar refractivity (Wildman–Crippen MR) is 97.8 cm³/mol. The molecular weight excluding hydrogens is 333 g/mol. The first kappa shape index (κ1) is 17.1. The molecule has 2 atom stereocenters. The van der Waals surface area contributed by atoms with E-state index in [2.05, 4.69) is 31.2 Å². The molecular formula is C20H24FN3O2. The maximum atomic E-state index is 14.5. The quantitative estimate of drug-likeness (QED) is 0.896. The highest BCUT2D eigenvalue weighted by Crippen LogP contribution is 2.53. The molecule has 1 aromatic carbocycles. The lowest BCUT2D eigenvalue weighted by molar-refractivity contribution is -0.117. The second-order valence-electron chi connectivity index (χ2n) is 8.52. The molecule has 1 spiro atoms. The van der Waals surface area contributed by atoms with Gasteiger partial charge in [-0.3, -0.25) is 4.79 Å². The van der Waals surface area contributed by atoms with Gasteiger partial charge in [0.1, 0.15) is 11.6 Å². The number of halogens is 1. The fourth-order valence-electron chi connectivity index (χ4n) is 3.84. The van der Waals surface area contributed by atoms with Crippen LogP contribution < -0.4 is 10.2 Å². The van der Waals surface area contributed by atoms with Gasteiger partial charge in [-0.1, -0.05) is 32.0 Å². The Hall–Kier alpha value is -2.37. The number of aryl methyl sites for hydroxylation is 1. The van der Waals surface area contributed by atoms with E-state index >= 15 is 0 Å². The monoisotopic (exact) mass is 357 g/mol. The molecule has 1 amide bonds. The molecule has 5 nitrogen and oxygen atoms in total. The zero-order valence-corrected chi connectivity index (χ0v) is 15.6. The van der Waals surface area contributed by atoms with Crippen molar-refractivity contribution in [3.8, 4) is 0 Å². The van der Waals surface area contributed by atoms with E-state index in [0.717, 1.165) is 24.2 Å². The van der Waals surface area contributed by atoms with Crippen LogP contribution in [0.15, 0.2) is 28.8 Å². The molecule has 2 aliphatic rings. The summed E-state index contributed by atoms with van der Waals surface area (Å²) in [6.45, 7) is 8.03. The Kier molecular flexibility index (Phi) is 3.65. The number of nitrogens with zero attached hydrogens (tertiary/aromatic N) is 2. The third kappa shape index (κ3) is 2.68. The largest absolute Gasteiger partial charge is 0.362 e. The van der Waals surface area contributed by atoms with Gasteiger partial charge in [-0.2, -0.15) is 0 Å². The average molecular weight is 357 g/mol. The van der Waals surface area contributed by atoms with Crippen molar-refractivity contribution in [2.45, 2.75) is 64.0 Å². The second-order valence-corrected chi connectivity index (χ2v) is 8.52. The summed E-state index contributed by atoms with van der Waals surface area (Å²) < 4.78 is 19.9. The fourth-order valence-corrected chi connectivity index (χ4v) is 3.84. The number of carbonyl (C=O) groups is 1. The Balaban J connectivity index is 1.57. The molecule has 26 heavy (non-hydrogen) atoms. The maximum Gasteiger partial charge on any atom is 0.227 e. The summed E-state index contributed by atoms with van der Waals surface area (Å²) >= 11 is 0. The molecule has 0 bridgehead atoms. The number of amides is 1. The van der Waals surface area contributed by atoms with Gasteiger partial charge in [0.05, 0.1) is 17.3 Å². The summed E-state index contributed by atoms with van der Waals surface area (Å²) in [4.78, 5) is 14.2. The van der Waals surface area contributed by atoms with Crippen LogP contribution in [-0.2, 0) is 10.2 Å². The van der Waals surface area contributed by atoms with Gasteiger partial charge in [0.25, 0.3) is 0 Å². The lowest BCUT2D eigenvalue weighted by Gasteiger charge is -2.26. The van der Waals surface area contributed by atoms with Gasteiger partial charge in [0, 0.05) is 17.9 Å². The smallest absolute Gasteiger partial charge is 0.227 e. The van der Waals surface area contributed by atoms with E-state index in [4.69, 9.17) is 4.52 Å². The zero-order valence-electron chi connectivity index (χ0n) is 15.6. The zero-order chi connectivity index (χ0) is 18.7. The SMILES string of the molecule is Cc1ccc(N2C(=O)CC[C@]23CC3Nc2cc(C(C)(C)C)on2)c(F)c1. The molecule has 1 saturated heterocycles. The van der Waals surface area contributed by atoms with Crippen molar-refractivity contribution in [2.75, 3.05) is 10.2 Å². The summed E-state index contributed by atoms with van der Waals surface area (Å²) in [6, 6.07) is 6.98. The van der Waals surface area contributed by atoms with Crippen LogP contribution in [0.2, 0.25) is 0 Å². The van der Waals surface area contributed by atoms with E-state index in [1.54, 1.807) is 11.0 Å². The number of carbonyl (C=O) groups excluding carboxylic acids is 1. The number of hydrogen-bond donors (Lipinski definition) is 1. The standard InChI is InChI=1S/C20H24FN3O2/c1-12-5-6-14(13(21)9-12)24-18(25)7-8-20(24)11-15(20)22-17-10-16(26-23-17)19(2,3)4/h5-6,9-10,15H,7-8,11H2,1-4H3,(H,22,23)/t15?,20-/m1/s1. The number of hydrogen-bond acceptors (Lipinski definition) is 4. The number of nitrogens with one attached hydrogen (secondary N) is 1. The number of aromatic nitrogens is 1. The summed E-state index contributed by atoms with van der Waals surface area (Å²) in [6.07, 6.45) is 1.95. The number of benzene rings is 1. The molecule has 1 aliphatic carbocycles. The Morgan fingerprint density at radius 1 is 1.35 bits per heavy atom. The summed E-state index contributed by atoms with van der Waals surface area (Å²) in [5, 5.41) is 7.47. The number of anilines is 2. The van der Waals surface area contributed by atoms with Crippen molar-refractivity contribution in [2.24, 2.45) is 0 Å². The van der Waals surface area contributed by atoms with Crippen LogP contribution in [0.3, 0.4) is 0 Å². The van der Waals surface area contributed by atoms with Crippen LogP contribution in [0.5, 0.6) is 0 Å². The molecule has 4 rings (SSSR count). The molecule has 6 heteroatoms. The van der Waals surface area contributed by atoms with Crippen molar-refractivity contribution in [1.29, 1.82) is 0 Å². The van der Waals surface area contributed by atoms with Crippen LogP contribution in [-0.4, -0.2) is 22.6 Å². The van der Waals surface area contributed by atoms with Gasteiger partial charge in [0.15, 0.2) is 5.82 Å². The maximum absolute atomic E-state index is 14.5. The van der Waals surface area contributed by atoms with Gasteiger partial charge >= 0.3 is 0 Å². The molecule has 0 radical (unpaired) electrons. The van der Waals surface area contributed by atoms with E-state index in [0.29, 0.717) is 17.9 Å². The topological polar surface area (TPSA) is 58.4 Å². The Morgan fingerprint density at radius 2 is 2.12 bits per heavy atom. The lowest BCUT2D eigenvalue weighted by Crippen LogP contribution is -2.39. The van der Waals surface area contributed by atoms with Gasteiger partial charge in [-0.05, 0) is 37.5 Å². The highest BCUT2D eigenvalue weighted by molar-refractivity contribution is 5.99. The summed E-state index contributed by atoms with van der Waals surface area (Å²) in [5.74, 6) is 1.11. The van der Waals surface area contributed by atoms with Crippen molar-refractivity contribution in [3.05, 3.63) is 41.4 Å². The van der Waals surface area contributed by atoms with Crippen molar-refractivity contribution in [1.82, 2.24) is 5.16 Å². The molecule has 1 unspecified atom stereocenters. The number of rotatable bonds is 3. The molecule has 1 N–H and O–H groups in total. The van der Waals surface area contributed by atoms with Gasteiger partial charge in [-0.25, -0.2) is 4.39 Å². The minimum absolute atomic E-state index is 0.0208. The van der Waals surface area contributed by atoms with Gasteiger partial charge in [-0.15, -0.1) is 0 Å². The van der Waals surface area contributed by atoms with Crippen LogP contribution in [0.1, 0.15) is 51.4 Å². The van der Waals surface area contributed by atoms with Crippen LogP contribution in [0.25, 0.3) is 0 Å². The fraction of sp³-hybridized carbons (Fsp3) is 0.500. The van der Waals surface area contributed by atoms with Crippen LogP contribution >= 0.6 is 0 Å². The van der Waals surface area contributed by atoms with E-state index < -0.39 is 0 Å². The van der Waals surface area contributed by atoms with E-state index in [1.807, 2.05) is 19.1 Å². The Labute approximate surface area is 152 Å². The molecule has 138 valence electrons. The Bertz CT molecular complexity index is 870. The molecule has 2 heterocycles. The minimum atomic E-state index is -0.367. The minimum Gasteiger partial charge on any atom is -0.362 e. The molecule has 2 aromatic rings. The molecule has 1 saturated carbocycles. The second kappa shape index (κ2) is 5.56. The Morgan fingerprint density at radius 3 is 2.77 bits per heavy atom. The van der Waals surface area contributed by atoms with Crippen molar-refractivity contribution >= 4 is 17.4 Å². The van der Waals surface area contributed by atoms with E-state index in [9.17, 15) is 9.18 Å². The predicted octanol–water partition coefficient (Wildman–Crippen LogP) is 4.17. The summed E-state index contributed by atoms with van der Waals surface area (Å²) in [7, 11) is 0. The van der Waals surface area contributed by atoms with E-state index in [1.165, 1.54) is 6.07 Å². The van der Waals surface area contributed by atoms with Gasteiger partial charge in [0.2, 0.25) is 5.91 Å². The van der Waals surface area contributed by atoms with Gasteiger partial charge < -0.3 is 14.7 Å². The third-order valence-electron chi connectivity index (χ3n) is 5.43. The first-order chi connectivity index (χ1) is 12.2. The molecule has 1 aromatic heterocycles. The normalized spacial score (nSPS) is 25.2. The first-order valence-electron chi connectivity index (χ1n) is 9.04. The molecule has 2 fully saturated rings. The third-order valence-corrected chi connectivity index (χ3v) is 5.43. The van der Waals surface area contributed by atoms with Crippen LogP contribution in [0.4, 0.5) is 15.9 Å². The first-order valence-corrected chi connectivity index (χ1v) is 9.04. The van der Waals surface area contributed by atoms with Crippen molar-refractivity contribution in [3.63, 3.8) is 0 Å². The highest BCUT2D eigenvalue weighted by Gasteiger charge is 2.64. The average Bonchev–Trinajstić information content (AvgIpc) is 2.88. The van der Waals surface area contributed by atoms with Crippen molar-refractivity contribution < 1.29 is 13.7 Å².